The van der Waals surface area contributed by atoms with E-state index in [4.69, 9.17) is 0 Å². The number of amides is 1. The molecule has 0 saturated carbocycles. The molecular weight excluding hydrogens is 178 g/mol. The molecule has 4 heteroatoms. The Bertz CT molecular complexity index is 307. The maximum atomic E-state index is 11.9. The minimum absolute atomic E-state index is 0.100. The average molecular weight is 193 g/mol. The maximum absolute atomic E-state index is 11.9. The molecular formula is C10H15N3O. The van der Waals surface area contributed by atoms with Crippen LogP contribution in [0.25, 0.3) is 0 Å². The number of rotatable bonds is 1. The number of carbonyl (C=O) groups is 1. The normalized spacial score (nSPS) is 22.4. The van der Waals surface area contributed by atoms with Crippen LogP contribution in [0, 0.1) is 0 Å². The molecule has 2 heterocycles. The van der Waals surface area contributed by atoms with Gasteiger partial charge in [-0.25, -0.2) is 0 Å². The van der Waals surface area contributed by atoms with Crippen LogP contribution in [0.3, 0.4) is 0 Å². The van der Waals surface area contributed by atoms with Gasteiger partial charge in [0, 0.05) is 31.9 Å². The third kappa shape index (κ3) is 1.80. The lowest BCUT2D eigenvalue weighted by atomic mass is 10.2. The van der Waals surface area contributed by atoms with Crippen molar-refractivity contribution in [3.05, 3.63) is 24.0 Å². The second-order valence-electron chi connectivity index (χ2n) is 3.69. The fourth-order valence-corrected chi connectivity index (χ4v) is 1.75. The number of hydrogen-bond acceptors (Lipinski definition) is 2. The standard InChI is InChI=1S/C10H15N3O/c1-8-7-13(6-5-11-8)10(14)9-3-2-4-12-9/h2-4,8,11-12H,5-7H2,1H3. The first-order valence-electron chi connectivity index (χ1n) is 4.93. The molecule has 4 nitrogen and oxygen atoms in total. The van der Waals surface area contributed by atoms with E-state index < -0.39 is 0 Å². The van der Waals surface area contributed by atoms with Gasteiger partial charge in [0.1, 0.15) is 5.69 Å². The fraction of sp³-hybridized carbons (Fsp3) is 0.500. The van der Waals surface area contributed by atoms with E-state index in [1.165, 1.54) is 0 Å². The van der Waals surface area contributed by atoms with Crippen molar-refractivity contribution >= 4 is 5.91 Å². The van der Waals surface area contributed by atoms with Crippen LogP contribution < -0.4 is 5.32 Å². The van der Waals surface area contributed by atoms with Crippen LogP contribution in [-0.4, -0.2) is 41.5 Å². The highest BCUT2D eigenvalue weighted by Crippen LogP contribution is 2.05. The Hall–Kier alpha value is -1.29. The van der Waals surface area contributed by atoms with Gasteiger partial charge in [-0.3, -0.25) is 4.79 Å². The first-order valence-corrected chi connectivity index (χ1v) is 4.93. The highest BCUT2D eigenvalue weighted by atomic mass is 16.2. The molecule has 1 aliphatic rings. The van der Waals surface area contributed by atoms with Crippen LogP contribution in [0.2, 0.25) is 0 Å². The molecule has 0 aromatic carbocycles. The van der Waals surface area contributed by atoms with Gasteiger partial charge < -0.3 is 15.2 Å². The van der Waals surface area contributed by atoms with Crippen molar-refractivity contribution < 1.29 is 4.79 Å². The van der Waals surface area contributed by atoms with Crippen molar-refractivity contribution in [1.29, 1.82) is 0 Å². The third-order valence-electron chi connectivity index (χ3n) is 2.48. The molecule has 1 aliphatic heterocycles. The second-order valence-corrected chi connectivity index (χ2v) is 3.69. The summed E-state index contributed by atoms with van der Waals surface area (Å²) >= 11 is 0. The van der Waals surface area contributed by atoms with E-state index in [1.54, 1.807) is 6.20 Å². The van der Waals surface area contributed by atoms with Gasteiger partial charge in [0.05, 0.1) is 0 Å². The average Bonchev–Trinajstić information content (AvgIpc) is 2.69. The van der Waals surface area contributed by atoms with E-state index in [0.717, 1.165) is 19.6 Å². The molecule has 0 spiro atoms. The monoisotopic (exact) mass is 193 g/mol. The Balaban J connectivity index is 2.04. The number of H-pyrrole nitrogens is 1. The van der Waals surface area contributed by atoms with Gasteiger partial charge in [-0.15, -0.1) is 0 Å². The summed E-state index contributed by atoms with van der Waals surface area (Å²) in [5, 5.41) is 3.31. The molecule has 1 aromatic heterocycles. The first-order chi connectivity index (χ1) is 6.77. The quantitative estimate of drug-likeness (QED) is 0.680. The molecule has 0 bridgehead atoms. The van der Waals surface area contributed by atoms with Gasteiger partial charge in [-0.2, -0.15) is 0 Å². The molecule has 2 rings (SSSR count). The minimum atomic E-state index is 0.100. The Labute approximate surface area is 83.3 Å². The highest BCUT2D eigenvalue weighted by molar-refractivity contribution is 5.92. The zero-order valence-electron chi connectivity index (χ0n) is 8.29. The number of piperazine rings is 1. The van der Waals surface area contributed by atoms with Crippen LogP contribution in [-0.2, 0) is 0 Å². The van der Waals surface area contributed by atoms with Crippen LogP contribution in [0.4, 0.5) is 0 Å². The van der Waals surface area contributed by atoms with E-state index in [1.807, 2.05) is 17.0 Å². The summed E-state index contributed by atoms with van der Waals surface area (Å²) in [7, 11) is 0. The fourth-order valence-electron chi connectivity index (χ4n) is 1.75. The predicted octanol–water partition coefficient (Wildman–Crippen LogP) is 0.449. The minimum Gasteiger partial charge on any atom is -0.357 e. The Morgan fingerprint density at radius 3 is 3.14 bits per heavy atom. The zero-order valence-corrected chi connectivity index (χ0v) is 8.29. The summed E-state index contributed by atoms with van der Waals surface area (Å²) in [5.41, 5.74) is 0.680. The van der Waals surface area contributed by atoms with Gasteiger partial charge in [0.15, 0.2) is 0 Å². The molecule has 0 aliphatic carbocycles. The van der Waals surface area contributed by atoms with E-state index in [-0.39, 0.29) is 5.91 Å². The highest BCUT2D eigenvalue weighted by Gasteiger charge is 2.21. The van der Waals surface area contributed by atoms with Crippen LogP contribution in [0.15, 0.2) is 18.3 Å². The molecule has 1 unspecified atom stereocenters. The Kier molecular flexibility index (Phi) is 2.54. The SMILES string of the molecule is CC1CN(C(=O)c2ccc[nH]2)CCN1. The Morgan fingerprint density at radius 1 is 1.64 bits per heavy atom. The molecule has 1 atom stereocenters. The number of aromatic nitrogens is 1. The van der Waals surface area contributed by atoms with Gasteiger partial charge in [0.25, 0.3) is 5.91 Å². The molecule has 76 valence electrons. The van der Waals surface area contributed by atoms with E-state index in [9.17, 15) is 4.79 Å². The van der Waals surface area contributed by atoms with Gasteiger partial charge in [0.2, 0.25) is 0 Å². The lowest BCUT2D eigenvalue weighted by Crippen LogP contribution is -2.51. The van der Waals surface area contributed by atoms with E-state index in [2.05, 4.69) is 17.2 Å². The third-order valence-corrected chi connectivity index (χ3v) is 2.48. The van der Waals surface area contributed by atoms with Gasteiger partial charge >= 0.3 is 0 Å². The lowest BCUT2D eigenvalue weighted by molar-refractivity contribution is 0.0704. The number of nitrogens with one attached hydrogen (secondary N) is 2. The van der Waals surface area contributed by atoms with E-state index in [0.29, 0.717) is 11.7 Å². The van der Waals surface area contributed by atoms with E-state index >= 15 is 0 Å². The Morgan fingerprint density at radius 2 is 2.50 bits per heavy atom. The van der Waals surface area contributed by atoms with Crippen molar-refractivity contribution in [2.75, 3.05) is 19.6 Å². The molecule has 1 saturated heterocycles. The molecule has 1 fully saturated rings. The largest absolute Gasteiger partial charge is 0.357 e. The van der Waals surface area contributed by atoms with Gasteiger partial charge in [-0.1, -0.05) is 0 Å². The first kappa shape index (κ1) is 9.27. The summed E-state index contributed by atoms with van der Waals surface area (Å²) in [6, 6.07) is 4.05. The lowest BCUT2D eigenvalue weighted by Gasteiger charge is -2.31. The number of hydrogen-bond donors (Lipinski definition) is 2. The summed E-state index contributed by atoms with van der Waals surface area (Å²) < 4.78 is 0. The van der Waals surface area contributed by atoms with Crippen LogP contribution in [0.5, 0.6) is 0 Å². The number of aromatic amines is 1. The second kappa shape index (κ2) is 3.84. The summed E-state index contributed by atoms with van der Waals surface area (Å²) in [4.78, 5) is 16.7. The van der Waals surface area contributed by atoms with Crippen LogP contribution in [0.1, 0.15) is 17.4 Å². The summed E-state index contributed by atoms with van der Waals surface area (Å²) in [6.45, 7) is 4.56. The molecule has 1 amide bonds. The summed E-state index contributed by atoms with van der Waals surface area (Å²) in [5.74, 6) is 0.100. The van der Waals surface area contributed by atoms with Gasteiger partial charge in [-0.05, 0) is 19.1 Å². The zero-order chi connectivity index (χ0) is 9.97. The van der Waals surface area contributed by atoms with Crippen molar-refractivity contribution in [3.8, 4) is 0 Å². The number of nitrogens with zero attached hydrogens (tertiary/aromatic N) is 1. The number of carbonyl (C=O) groups excluding carboxylic acids is 1. The van der Waals surface area contributed by atoms with Crippen molar-refractivity contribution in [2.24, 2.45) is 0 Å². The van der Waals surface area contributed by atoms with Crippen LogP contribution >= 0.6 is 0 Å². The molecule has 0 radical (unpaired) electrons. The van der Waals surface area contributed by atoms with Crippen molar-refractivity contribution in [1.82, 2.24) is 15.2 Å². The van der Waals surface area contributed by atoms with Crippen molar-refractivity contribution in [2.45, 2.75) is 13.0 Å². The van der Waals surface area contributed by atoms with Crippen molar-refractivity contribution in [3.63, 3.8) is 0 Å². The maximum Gasteiger partial charge on any atom is 0.270 e. The summed E-state index contributed by atoms with van der Waals surface area (Å²) in [6.07, 6.45) is 1.78. The molecule has 1 aromatic rings. The molecule has 2 N–H and O–H groups in total. The predicted molar refractivity (Wildman–Crippen MR) is 54.2 cm³/mol. The smallest absolute Gasteiger partial charge is 0.270 e. The topological polar surface area (TPSA) is 48.1 Å². The molecule has 14 heavy (non-hydrogen) atoms.